The van der Waals surface area contributed by atoms with Gasteiger partial charge in [0, 0.05) is 10.7 Å². The standard InChI is InChI=1S/C20H18ClN3O3/c1-26-17-9-4-15(5-10-17)23-16-6-11-19(22-12-16)24-20(25)13-27-18-7-2-14(21)3-8-18/h2-12,23H,13H2,1H3,(H,22,24,25). The second-order valence-corrected chi connectivity index (χ2v) is 6.01. The Hall–Kier alpha value is -3.25. The lowest BCUT2D eigenvalue weighted by Gasteiger charge is -2.09. The van der Waals surface area contributed by atoms with Crippen molar-refractivity contribution in [1.29, 1.82) is 0 Å². The molecule has 0 bridgehead atoms. The van der Waals surface area contributed by atoms with E-state index in [4.69, 9.17) is 21.1 Å². The van der Waals surface area contributed by atoms with Gasteiger partial charge in [0.2, 0.25) is 0 Å². The summed E-state index contributed by atoms with van der Waals surface area (Å²) in [6.45, 7) is -0.116. The first-order valence-electron chi connectivity index (χ1n) is 8.18. The molecule has 1 heterocycles. The van der Waals surface area contributed by atoms with Crippen LogP contribution in [0.3, 0.4) is 0 Å². The highest BCUT2D eigenvalue weighted by Crippen LogP contribution is 2.20. The van der Waals surface area contributed by atoms with Gasteiger partial charge in [-0.1, -0.05) is 11.6 Å². The molecule has 1 amide bonds. The number of nitrogens with zero attached hydrogens (tertiary/aromatic N) is 1. The van der Waals surface area contributed by atoms with Gasteiger partial charge in [0.05, 0.1) is 19.0 Å². The number of methoxy groups -OCH3 is 1. The van der Waals surface area contributed by atoms with Crippen LogP contribution in [-0.4, -0.2) is 24.6 Å². The number of ether oxygens (including phenoxy) is 2. The summed E-state index contributed by atoms with van der Waals surface area (Å²) in [7, 11) is 1.62. The van der Waals surface area contributed by atoms with E-state index in [0.717, 1.165) is 17.1 Å². The molecule has 3 rings (SSSR count). The number of carbonyl (C=O) groups excluding carboxylic acids is 1. The molecule has 27 heavy (non-hydrogen) atoms. The molecule has 3 aromatic rings. The summed E-state index contributed by atoms with van der Waals surface area (Å²) >= 11 is 5.81. The van der Waals surface area contributed by atoms with Crippen LogP contribution in [0.1, 0.15) is 0 Å². The zero-order valence-corrected chi connectivity index (χ0v) is 15.4. The molecule has 6 nitrogen and oxygen atoms in total. The second-order valence-electron chi connectivity index (χ2n) is 5.58. The van der Waals surface area contributed by atoms with E-state index >= 15 is 0 Å². The van der Waals surface area contributed by atoms with Crippen molar-refractivity contribution >= 4 is 34.7 Å². The summed E-state index contributed by atoms with van der Waals surface area (Å²) in [5.74, 6) is 1.51. The fourth-order valence-electron chi connectivity index (χ4n) is 2.24. The minimum atomic E-state index is -0.298. The van der Waals surface area contributed by atoms with Gasteiger partial charge in [-0.05, 0) is 60.7 Å². The highest BCUT2D eigenvalue weighted by molar-refractivity contribution is 6.30. The number of halogens is 1. The third kappa shape index (κ3) is 5.62. The Balaban J connectivity index is 1.50. The lowest BCUT2D eigenvalue weighted by Crippen LogP contribution is -2.20. The van der Waals surface area contributed by atoms with Crippen LogP contribution in [0.4, 0.5) is 17.2 Å². The number of rotatable bonds is 7. The molecule has 0 aliphatic rings. The zero-order valence-electron chi connectivity index (χ0n) is 14.6. The van der Waals surface area contributed by atoms with Crippen molar-refractivity contribution < 1.29 is 14.3 Å². The first kappa shape index (κ1) is 18.5. The molecule has 0 atom stereocenters. The fourth-order valence-corrected chi connectivity index (χ4v) is 2.37. The molecule has 0 radical (unpaired) electrons. The molecule has 0 aliphatic heterocycles. The number of hydrogen-bond donors (Lipinski definition) is 2. The van der Waals surface area contributed by atoms with Gasteiger partial charge in [0.1, 0.15) is 17.3 Å². The smallest absolute Gasteiger partial charge is 0.263 e. The van der Waals surface area contributed by atoms with Gasteiger partial charge in [-0.2, -0.15) is 0 Å². The predicted molar refractivity (Wildman–Crippen MR) is 106 cm³/mol. The van der Waals surface area contributed by atoms with Crippen molar-refractivity contribution in [2.24, 2.45) is 0 Å². The van der Waals surface area contributed by atoms with Gasteiger partial charge >= 0.3 is 0 Å². The van der Waals surface area contributed by atoms with Gasteiger partial charge in [0.15, 0.2) is 6.61 Å². The number of pyridine rings is 1. The number of carbonyl (C=O) groups is 1. The third-order valence-corrected chi connectivity index (χ3v) is 3.85. The van der Waals surface area contributed by atoms with E-state index in [9.17, 15) is 4.79 Å². The van der Waals surface area contributed by atoms with Gasteiger partial charge in [-0.25, -0.2) is 4.98 Å². The minimum absolute atomic E-state index is 0.116. The molecule has 0 spiro atoms. The predicted octanol–water partition coefficient (Wildman–Crippen LogP) is 4.50. The van der Waals surface area contributed by atoms with E-state index in [-0.39, 0.29) is 12.5 Å². The third-order valence-electron chi connectivity index (χ3n) is 3.59. The zero-order chi connectivity index (χ0) is 19.1. The first-order valence-corrected chi connectivity index (χ1v) is 8.55. The van der Waals surface area contributed by atoms with Crippen molar-refractivity contribution in [1.82, 2.24) is 4.98 Å². The molecule has 0 saturated carbocycles. The molecular weight excluding hydrogens is 366 g/mol. The Bertz CT molecular complexity index is 882. The lowest BCUT2D eigenvalue weighted by molar-refractivity contribution is -0.118. The van der Waals surface area contributed by atoms with E-state index in [1.807, 2.05) is 30.3 Å². The molecule has 0 unspecified atom stereocenters. The van der Waals surface area contributed by atoms with Gasteiger partial charge in [0.25, 0.3) is 5.91 Å². The van der Waals surface area contributed by atoms with Crippen LogP contribution < -0.4 is 20.1 Å². The number of amides is 1. The Morgan fingerprint density at radius 1 is 0.963 bits per heavy atom. The van der Waals surface area contributed by atoms with Gasteiger partial charge in [-0.3, -0.25) is 4.79 Å². The van der Waals surface area contributed by atoms with E-state index in [1.54, 1.807) is 43.6 Å². The Morgan fingerprint density at radius 2 is 1.63 bits per heavy atom. The van der Waals surface area contributed by atoms with Crippen LogP contribution in [0.25, 0.3) is 0 Å². The minimum Gasteiger partial charge on any atom is -0.497 e. The van der Waals surface area contributed by atoms with Crippen LogP contribution in [0.15, 0.2) is 66.9 Å². The quantitative estimate of drug-likeness (QED) is 0.628. The molecule has 2 N–H and O–H groups in total. The number of aromatic nitrogens is 1. The maximum atomic E-state index is 12.0. The van der Waals surface area contributed by atoms with E-state index < -0.39 is 0 Å². The van der Waals surface area contributed by atoms with Gasteiger partial charge < -0.3 is 20.1 Å². The van der Waals surface area contributed by atoms with Crippen molar-refractivity contribution in [2.45, 2.75) is 0 Å². The van der Waals surface area contributed by atoms with Crippen LogP contribution in [-0.2, 0) is 4.79 Å². The molecule has 0 fully saturated rings. The Kier molecular flexibility index (Phi) is 6.12. The number of benzene rings is 2. The van der Waals surface area contributed by atoms with Gasteiger partial charge in [-0.15, -0.1) is 0 Å². The van der Waals surface area contributed by atoms with Crippen LogP contribution >= 0.6 is 11.6 Å². The molecule has 138 valence electrons. The average Bonchev–Trinajstić information content (AvgIpc) is 2.70. The summed E-state index contributed by atoms with van der Waals surface area (Å²) in [6.07, 6.45) is 1.64. The van der Waals surface area contributed by atoms with Crippen LogP contribution in [0.2, 0.25) is 5.02 Å². The topological polar surface area (TPSA) is 72.5 Å². The number of anilines is 3. The normalized spacial score (nSPS) is 10.1. The molecule has 0 aliphatic carbocycles. The maximum absolute atomic E-state index is 12.0. The van der Waals surface area contributed by atoms with Crippen molar-refractivity contribution in [3.05, 3.63) is 71.9 Å². The maximum Gasteiger partial charge on any atom is 0.263 e. The molecule has 0 saturated heterocycles. The van der Waals surface area contributed by atoms with Crippen LogP contribution in [0, 0.1) is 0 Å². The van der Waals surface area contributed by atoms with Crippen molar-refractivity contribution in [3.8, 4) is 11.5 Å². The summed E-state index contributed by atoms with van der Waals surface area (Å²) < 4.78 is 10.5. The summed E-state index contributed by atoms with van der Waals surface area (Å²) in [5.41, 5.74) is 1.71. The Morgan fingerprint density at radius 3 is 2.26 bits per heavy atom. The highest BCUT2D eigenvalue weighted by Gasteiger charge is 2.05. The number of hydrogen-bond acceptors (Lipinski definition) is 5. The monoisotopic (exact) mass is 383 g/mol. The first-order chi connectivity index (χ1) is 13.1. The summed E-state index contributed by atoms with van der Waals surface area (Å²) in [6, 6.07) is 17.9. The highest BCUT2D eigenvalue weighted by atomic mass is 35.5. The van der Waals surface area contributed by atoms with Crippen molar-refractivity contribution in [3.63, 3.8) is 0 Å². The Labute approximate surface area is 162 Å². The SMILES string of the molecule is COc1ccc(Nc2ccc(NC(=O)COc3ccc(Cl)cc3)nc2)cc1. The summed E-state index contributed by atoms with van der Waals surface area (Å²) in [5, 5.41) is 6.52. The summed E-state index contributed by atoms with van der Waals surface area (Å²) in [4.78, 5) is 16.2. The molecule has 7 heteroatoms. The van der Waals surface area contributed by atoms with E-state index in [0.29, 0.717) is 16.6 Å². The van der Waals surface area contributed by atoms with E-state index in [2.05, 4.69) is 15.6 Å². The molecular formula is C20H18ClN3O3. The lowest BCUT2D eigenvalue weighted by atomic mass is 10.3. The number of nitrogens with one attached hydrogen (secondary N) is 2. The molecule has 2 aromatic carbocycles. The van der Waals surface area contributed by atoms with Crippen LogP contribution in [0.5, 0.6) is 11.5 Å². The fraction of sp³-hybridized carbons (Fsp3) is 0.100. The van der Waals surface area contributed by atoms with Crippen molar-refractivity contribution in [2.75, 3.05) is 24.4 Å². The average molecular weight is 384 g/mol. The molecule has 1 aromatic heterocycles. The second kappa shape index (κ2) is 8.91. The van der Waals surface area contributed by atoms with E-state index in [1.165, 1.54) is 0 Å². The largest absolute Gasteiger partial charge is 0.497 e.